The Morgan fingerprint density at radius 3 is 2.50 bits per heavy atom. The third-order valence-corrected chi connectivity index (χ3v) is 2.64. The first kappa shape index (κ1) is 14.5. The van der Waals surface area contributed by atoms with Gasteiger partial charge in [0.15, 0.2) is 6.23 Å². The third kappa shape index (κ3) is 2.35. The van der Waals surface area contributed by atoms with E-state index in [0.717, 1.165) is 16.8 Å². The Hall–Kier alpha value is -1.52. The van der Waals surface area contributed by atoms with Crippen LogP contribution >= 0.6 is 0 Å². The SMILES string of the molecule is O.O=c1ccn([C@@H]2O[C@H](CO)[C@@H](O)[C@H]2O)c(=O)[nH]1. The monoisotopic (exact) mass is 262 g/mol. The molecule has 2 rings (SSSR count). The summed E-state index contributed by atoms with van der Waals surface area (Å²) in [6.07, 6.45) is -3.58. The van der Waals surface area contributed by atoms with Gasteiger partial charge in [-0.15, -0.1) is 0 Å². The van der Waals surface area contributed by atoms with Crippen LogP contribution in [0, 0.1) is 0 Å². The van der Waals surface area contributed by atoms with E-state index < -0.39 is 42.4 Å². The summed E-state index contributed by atoms with van der Waals surface area (Å²) >= 11 is 0. The quantitative estimate of drug-likeness (QED) is 0.430. The van der Waals surface area contributed by atoms with Crippen molar-refractivity contribution >= 4 is 0 Å². The molecule has 0 saturated carbocycles. The minimum Gasteiger partial charge on any atom is -0.412 e. The van der Waals surface area contributed by atoms with Gasteiger partial charge in [-0.3, -0.25) is 14.3 Å². The number of aliphatic hydroxyl groups is 3. The summed E-state index contributed by atoms with van der Waals surface area (Å²) in [6.45, 7) is -0.479. The average Bonchev–Trinajstić information content (AvgIpc) is 2.57. The van der Waals surface area contributed by atoms with E-state index in [0.29, 0.717) is 0 Å². The van der Waals surface area contributed by atoms with Gasteiger partial charge in [0.2, 0.25) is 0 Å². The first-order chi connectivity index (χ1) is 8.04. The van der Waals surface area contributed by atoms with Gasteiger partial charge in [-0.05, 0) is 0 Å². The standard InChI is InChI=1S/C9H12N2O6.H2O/c12-3-4-6(14)7(15)8(17-4)11-2-1-5(13)10-9(11)16;/h1-2,4,6-8,12,14-15H,3H2,(H,10,13,16);1H2/t4-,6-,7-,8-;/m1./s1. The molecule has 1 aliphatic heterocycles. The molecule has 6 N–H and O–H groups in total. The largest absolute Gasteiger partial charge is 0.412 e. The summed E-state index contributed by atoms with van der Waals surface area (Å²) in [6, 6.07) is 1.09. The van der Waals surface area contributed by atoms with Crippen LogP contribution in [0.4, 0.5) is 0 Å². The van der Waals surface area contributed by atoms with E-state index in [1.807, 2.05) is 4.98 Å². The number of aromatic amines is 1. The fraction of sp³-hybridized carbons (Fsp3) is 0.556. The van der Waals surface area contributed by atoms with E-state index in [1.165, 1.54) is 0 Å². The van der Waals surface area contributed by atoms with Gasteiger partial charge in [0.25, 0.3) is 5.56 Å². The zero-order valence-electron chi connectivity index (χ0n) is 9.18. The van der Waals surface area contributed by atoms with Gasteiger partial charge in [0.1, 0.15) is 18.3 Å². The number of H-pyrrole nitrogens is 1. The minimum atomic E-state index is -1.35. The molecular formula is C9H14N2O7. The molecule has 4 atom stereocenters. The van der Waals surface area contributed by atoms with Crippen LogP contribution in [0.1, 0.15) is 6.23 Å². The molecule has 2 heterocycles. The molecule has 0 amide bonds. The van der Waals surface area contributed by atoms with Crippen LogP contribution in [0.3, 0.4) is 0 Å². The molecule has 1 fully saturated rings. The molecule has 0 unspecified atom stereocenters. The van der Waals surface area contributed by atoms with E-state index in [9.17, 15) is 19.8 Å². The Balaban J connectivity index is 0.00000162. The summed E-state index contributed by atoms with van der Waals surface area (Å²) in [5.41, 5.74) is -1.33. The maximum Gasteiger partial charge on any atom is 0.330 e. The molecule has 102 valence electrons. The van der Waals surface area contributed by atoms with Gasteiger partial charge in [-0.1, -0.05) is 0 Å². The molecule has 1 aromatic heterocycles. The Morgan fingerprint density at radius 1 is 1.33 bits per heavy atom. The topological polar surface area (TPSA) is 156 Å². The van der Waals surface area contributed by atoms with Gasteiger partial charge >= 0.3 is 5.69 Å². The summed E-state index contributed by atoms with van der Waals surface area (Å²) in [7, 11) is 0. The van der Waals surface area contributed by atoms with Gasteiger partial charge in [0.05, 0.1) is 6.61 Å². The van der Waals surface area contributed by atoms with Gasteiger partial charge in [0, 0.05) is 12.3 Å². The number of nitrogens with one attached hydrogen (secondary N) is 1. The Kier molecular flexibility index (Phi) is 4.38. The number of ether oxygens (including phenoxy) is 1. The highest BCUT2D eigenvalue weighted by atomic mass is 16.6. The molecule has 1 saturated heterocycles. The number of hydrogen-bond donors (Lipinski definition) is 4. The number of hydrogen-bond acceptors (Lipinski definition) is 6. The van der Waals surface area contributed by atoms with Gasteiger partial charge < -0.3 is 25.5 Å². The van der Waals surface area contributed by atoms with E-state index in [2.05, 4.69) is 0 Å². The first-order valence-corrected chi connectivity index (χ1v) is 4.98. The van der Waals surface area contributed by atoms with Crippen molar-refractivity contribution < 1.29 is 25.5 Å². The fourth-order valence-corrected chi connectivity index (χ4v) is 1.74. The molecule has 1 aromatic rings. The van der Waals surface area contributed by atoms with Crippen molar-refractivity contribution in [1.82, 2.24) is 9.55 Å². The van der Waals surface area contributed by atoms with E-state index in [1.54, 1.807) is 0 Å². The number of nitrogens with zero attached hydrogens (tertiary/aromatic N) is 1. The van der Waals surface area contributed by atoms with Crippen molar-refractivity contribution in [1.29, 1.82) is 0 Å². The minimum absolute atomic E-state index is 0. The maximum atomic E-state index is 11.4. The van der Waals surface area contributed by atoms with E-state index in [-0.39, 0.29) is 5.48 Å². The van der Waals surface area contributed by atoms with Crippen molar-refractivity contribution in [2.45, 2.75) is 24.5 Å². The lowest BCUT2D eigenvalue weighted by Crippen LogP contribution is -2.37. The van der Waals surface area contributed by atoms with Crippen LogP contribution in [-0.4, -0.2) is 55.3 Å². The second-order valence-corrected chi connectivity index (χ2v) is 3.75. The molecule has 0 radical (unpaired) electrons. The van der Waals surface area contributed by atoms with Crippen molar-refractivity contribution in [2.75, 3.05) is 6.61 Å². The number of rotatable bonds is 2. The van der Waals surface area contributed by atoms with Crippen LogP contribution < -0.4 is 11.2 Å². The highest BCUT2D eigenvalue weighted by Crippen LogP contribution is 2.27. The lowest BCUT2D eigenvalue weighted by Gasteiger charge is -2.16. The molecule has 9 nitrogen and oxygen atoms in total. The highest BCUT2D eigenvalue weighted by Gasteiger charge is 2.43. The highest BCUT2D eigenvalue weighted by molar-refractivity contribution is 4.92. The predicted octanol–water partition coefficient (Wildman–Crippen LogP) is -3.68. The smallest absolute Gasteiger partial charge is 0.330 e. The van der Waals surface area contributed by atoms with Crippen molar-refractivity contribution in [2.24, 2.45) is 0 Å². The second-order valence-electron chi connectivity index (χ2n) is 3.75. The molecule has 0 aliphatic carbocycles. The van der Waals surface area contributed by atoms with Crippen LogP contribution in [-0.2, 0) is 4.74 Å². The molecular weight excluding hydrogens is 248 g/mol. The summed E-state index contributed by atoms with van der Waals surface area (Å²) in [5.74, 6) is 0. The molecule has 1 aliphatic rings. The predicted molar refractivity (Wildman–Crippen MR) is 57.9 cm³/mol. The maximum absolute atomic E-state index is 11.4. The Bertz CT molecular complexity index is 510. The zero-order valence-corrected chi connectivity index (χ0v) is 9.18. The van der Waals surface area contributed by atoms with Crippen molar-refractivity contribution in [3.63, 3.8) is 0 Å². The summed E-state index contributed by atoms with van der Waals surface area (Å²) in [4.78, 5) is 24.3. The summed E-state index contributed by atoms with van der Waals surface area (Å²) < 4.78 is 6.08. The average molecular weight is 262 g/mol. The molecule has 0 spiro atoms. The van der Waals surface area contributed by atoms with Gasteiger partial charge in [-0.25, -0.2) is 4.79 Å². The van der Waals surface area contributed by atoms with Crippen molar-refractivity contribution in [3.8, 4) is 0 Å². The zero-order chi connectivity index (χ0) is 12.6. The number of aliphatic hydroxyl groups excluding tert-OH is 3. The number of aromatic nitrogens is 2. The second kappa shape index (κ2) is 5.42. The van der Waals surface area contributed by atoms with E-state index >= 15 is 0 Å². The third-order valence-electron chi connectivity index (χ3n) is 2.64. The Morgan fingerprint density at radius 2 is 2.00 bits per heavy atom. The van der Waals surface area contributed by atoms with Gasteiger partial charge in [-0.2, -0.15) is 0 Å². The normalized spacial score (nSPS) is 31.1. The summed E-state index contributed by atoms with van der Waals surface area (Å²) in [5, 5.41) is 28.1. The lowest BCUT2D eigenvalue weighted by atomic mass is 10.1. The van der Waals surface area contributed by atoms with E-state index in [4.69, 9.17) is 9.84 Å². The first-order valence-electron chi connectivity index (χ1n) is 4.98. The lowest BCUT2D eigenvalue weighted by molar-refractivity contribution is -0.0550. The molecule has 9 heteroatoms. The Labute approximate surface area is 100 Å². The van der Waals surface area contributed by atoms with Crippen LogP contribution in [0.2, 0.25) is 0 Å². The van der Waals surface area contributed by atoms with Crippen LogP contribution in [0.5, 0.6) is 0 Å². The molecule has 0 aromatic carbocycles. The van der Waals surface area contributed by atoms with Crippen LogP contribution in [0.15, 0.2) is 21.9 Å². The molecule has 0 bridgehead atoms. The fourth-order valence-electron chi connectivity index (χ4n) is 1.74. The molecule has 18 heavy (non-hydrogen) atoms. The van der Waals surface area contributed by atoms with Crippen molar-refractivity contribution in [3.05, 3.63) is 33.1 Å². The van der Waals surface area contributed by atoms with Crippen LogP contribution in [0.25, 0.3) is 0 Å².